The molecular weight excluding hydrogens is 287 g/mol. The molecule has 1 aromatic carbocycles. The molecule has 17 heavy (non-hydrogen) atoms. The van der Waals surface area contributed by atoms with Gasteiger partial charge in [-0.2, -0.15) is 0 Å². The molecule has 0 aromatic heterocycles. The Balaban J connectivity index is 2.03. The molecule has 0 spiro atoms. The maximum Gasteiger partial charge on any atom is 0.341 e. The van der Waals surface area contributed by atoms with E-state index < -0.39 is 11.8 Å². The fraction of sp³-hybridized carbons (Fsp3) is 0.462. The molecule has 0 heterocycles. The Morgan fingerprint density at radius 2 is 2.00 bits per heavy atom. The maximum atomic E-state index is 13.5. The summed E-state index contributed by atoms with van der Waals surface area (Å²) in [7, 11) is 0. The van der Waals surface area contributed by atoms with Gasteiger partial charge in [-0.25, -0.2) is 9.18 Å². The zero-order valence-corrected chi connectivity index (χ0v) is 11.0. The van der Waals surface area contributed by atoms with E-state index in [4.69, 9.17) is 4.74 Å². The van der Waals surface area contributed by atoms with Crippen molar-refractivity contribution in [2.24, 2.45) is 0 Å². The largest absolute Gasteiger partial charge is 0.459 e. The molecule has 2 nitrogen and oxygen atoms in total. The van der Waals surface area contributed by atoms with E-state index in [-0.39, 0.29) is 11.7 Å². The van der Waals surface area contributed by atoms with E-state index in [1.54, 1.807) is 6.07 Å². The molecular formula is C13H14BrFO2. The highest BCUT2D eigenvalue weighted by Gasteiger charge is 2.20. The number of carbonyl (C=O) groups excluding carboxylic acids is 1. The molecule has 0 amide bonds. The summed E-state index contributed by atoms with van der Waals surface area (Å²) in [6, 6.07) is 4.36. The lowest BCUT2D eigenvalue weighted by Crippen LogP contribution is -2.21. The van der Waals surface area contributed by atoms with Crippen LogP contribution in [0.4, 0.5) is 4.39 Å². The summed E-state index contributed by atoms with van der Waals surface area (Å²) in [4.78, 5) is 11.8. The van der Waals surface area contributed by atoms with Gasteiger partial charge in [-0.1, -0.05) is 22.4 Å². The second-order valence-corrected chi connectivity index (χ2v) is 5.21. The number of rotatable bonds is 2. The van der Waals surface area contributed by atoms with E-state index >= 15 is 0 Å². The highest BCUT2D eigenvalue weighted by molar-refractivity contribution is 9.10. The van der Waals surface area contributed by atoms with Crippen molar-refractivity contribution in [3.8, 4) is 0 Å². The molecule has 0 atom stereocenters. The average Bonchev–Trinajstić information content (AvgIpc) is 2.30. The molecule has 0 saturated heterocycles. The first-order valence-corrected chi connectivity index (χ1v) is 6.62. The Morgan fingerprint density at radius 3 is 2.65 bits per heavy atom. The van der Waals surface area contributed by atoms with Gasteiger partial charge in [0.2, 0.25) is 0 Å². The van der Waals surface area contributed by atoms with E-state index in [0.717, 1.165) is 25.7 Å². The summed E-state index contributed by atoms with van der Waals surface area (Å²) >= 11 is 3.15. The molecule has 4 heteroatoms. The van der Waals surface area contributed by atoms with E-state index in [9.17, 15) is 9.18 Å². The molecule has 1 aromatic rings. The molecule has 1 aliphatic rings. The molecule has 2 rings (SSSR count). The minimum atomic E-state index is -0.554. The van der Waals surface area contributed by atoms with Gasteiger partial charge in [0, 0.05) is 4.47 Å². The fourth-order valence-corrected chi connectivity index (χ4v) is 2.39. The molecule has 1 aliphatic carbocycles. The Hall–Kier alpha value is -0.900. The highest BCUT2D eigenvalue weighted by atomic mass is 79.9. The second kappa shape index (κ2) is 5.63. The smallest absolute Gasteiger partial charge is 0.341 e. The van der Waals surface area contributed by atoms with Gasteiger partial charge in [-0.3, -0.25) is 0 Å². The lowest BCUT2D eigenvalue weighted by Gasteiger charge is -2.21. The van der Waals surface area contributed by atoms with Crippen molar-refractivity contribution >= 4 is 21.9 Å². The quantitative estimate of drug-likeness (QED) is 0.769. The Labute approximate surface area is 108 Å². The van der Waals surface area contributed by atoms with Crippen molar-refractivity contribution < 1.29 is 13.9 Å². The number of halogens is 2. The first-order valence-electron chi connectivity index (χ1n) is 5.83. The van der Waals surface area contributed by atoms with Crippen LogP contribution >= 0.6 is 15.9 Å². The van der Waals surface area contributed by atoms with Crippen molar-refractivity contribution in [2.75, 3.05) is 0 Å². The number of benzene rings is 1. The van der Waals surface area contributed by atoms with E-state index in [0.29, 0.717) is 4.47 Å². The van der Waals surface area contributed by atoms with E-state index in [2.05, 4.69) is 15.9 Å². The summed E-state index contributed by atoms with van der Waals surface area (Å²) < 4.78 is 19.4. The van der Waals surface area contributed by atoms with Crippen LogP contribution in [0, 0.1) is 5.82 Å². The van der Waals surface area contributed by atoms with Crippen LogP contribution in [-0.4, -0.2) is 12.1 Å². The maximum absolute atomic E-state index is 13.5. The zero-order chi connectivity index (χ0) is 12.3. The molecule has 0 bridgehead atoms. The Kier molecular flexibility index (Phi) is 4.15. The molecule has 1 fully saturated rings. The number of hydrogen-bond acceptors (Lipinski definition) is 2. The molecule has 0 N–H and O–H groups in total. The Bertz CT molecular complexity index is 414. The summed E-state index contributed by atoms with van der Waals surface area (Å²) in [5.41, 5.74) is 0.0128. The molecule has 0 radical (unpaired) electrons. The number of hydrogen-bond donors (Lipinski definition) is 0. The number of esters is 1. The average molecular weight is 301 g/mol. The first-order chi connectivity index (χ1) is 8.16. The van der Waals surface area contributed by atoms with Crippen LogP contribution in [0.2, 0.25) is 0 Å². The third-order valence-corrected chi connectivity index (χ3v) is 3.47. The van der Waals surface area contributed by atoms with Gasteiger partial charge >= 0.3 is 5.97 Å². The van der Waals surface area contributed by atoms with Gasteiger partial charge in [0.25, 0.3) is 0 Å². The van der Waals surface area contributed by atoms with Crippen LogP contribution in [-0.2, 0) is 4.74 Å². The SMILES string of the molecule is O=C(OC1CCCCC1)c1ccc(Br)cc1F. The van der Waals surface area contributed by atoms with Gasteiger partial charge in [-0.15, -0.1) is 0 Å². The van der Waals surface area contributed by atoms with Crippen LogP contribution < -0.4 is 0 Å². The van der Waals surface area contributed by atoms with Crippen molar-refractivity contribution in [1.29, 1.82) is 0 Å². The standard InChI is InChI=1S/C13H14BrFO2/c14-9-6-7-11(12(15)8-9)13(16)17-10-4-2-1-3-5-10/h6-8,10H,1-5H2. The summed E-state index contributed by atoms with van der Waals surface area (Å²) in [6.45, 7) is 0. The van der Waals surface area contributed by atoms with Crippen molar-refractivity contribution in [3.05, 3.63) is 34.1 Å². The highest BCUT2D eigenvalue weighted by Crippen LogP contribution is 2.22. The van der Waals surface area contributed by atoms with Gasteiger partial charge in [0.1, 0.15) is 11.9 Å². The van der Waals surface area contributed by atoms with Crippen LogP contribution in [0.3, 0.4) is 0 Å². The topological polar surface area (TPSA) is 26.3 Å². The van der Waals surface area contributed by atoms with E-state index in [1.807, 2.05) is 0 Å². The predicted molar refractivity (Wildman–Crippen MR) is 66.4 cm³/mol. The van der Waals surface area contributed by atoms with Crippen molar-refractivity contribution in [2.45, 2.75) is 38.2 Å². The second-order valence-electron chi connectivity index (χ2n) is 4.29. The summed E-state index contributed by atoms with van der Waals surface area (Å²) in [5, 5.41) is 0. The monoisotopic (exact) mass is 300 g/mol. The van der Waals surface area contributed by atoms with Crippen molar-refractivity contribution in [1.82, 2.24) is 0 Å². The van der Waals surface area contributed by atoms with Crippen LogP contribution in [0.5, 0.6) is 0 Å². The minimum absolute atomic E-state index is 0.0128. The van der Waals surface area contributed by atoms with E-state index in [1.165, 1.54) is 18.6 Å². The fourth-order valence-electron chi connectivity index (χ4n) is 2.05. The van der Waals surface area contributed by atoms with Crippen LogP contribution in [0.1, 0.15) is 42.5 Å². The first kappa shape index (κ1) is 12.6. The zero-order valence-electron chi connectivity index (χ0n) is 9.42. The minimum Gasteiger partial charge on any atom is -0.459 e. The predicted octanol–water partition coefficient (Wildman–Crippen LogP) is 4.08. The third kappa shape index (κ3) is 3.28. The lowest BCUT2D eigenvalue weighted by molar-refractivity contribution is 0.0206. The van der Waals surface area contributed by atoms with Crippen molar-refractivity contribution in [3.63, 3.8) is 0 Å². The van der Waals surface area contributed by atoms with Crippen LogP contribution in [0.25, 0.3) is 0 Å². The molecule has 1 saturated carbocycles. The number of carbonyl (C=O) groups is 1. The normalized spacial score (nSPS) is 16.8. The summed E-state index contributed by atoms with van der Waals surface area (Å²) in [6.07, 6.45) is 5.11. The molecule has 0 unspecified atom stereocenters. The molecule has 0 aliphatic heterocycles. The number of ether oxygens (including phenoxy) is 1. The molecule has 92 valence electrons. The van der Waals surface area contributed by atoms with Gasteiger partial charge in [0.15, 0.2) is 0 Å². The van der Waals surface area contributed by atoms with Gasteiger partial charge in [-0.05, 0) is 43.9 Å². The van der Waals surface area contributed by atoms with Crippen LogP contribution in [0.15, 0.2) is 22.7 Å². The van der Waals surface area contributed by atoms with Gasteiger partial charge < -0.3 is 4.74 Å². The summed E-state index contributed by atoms with van der Waals surface area (Å²) in [5.74, 6) is -1.10. The third-order valence-electron chi connectivity index (χ3n) is 2.98. The van der Waals surface area contributed by atoms with Gasteiger partial charge in [0.05, 0.1) is 5.56 Å². The lowest BCUT2D eigenvalue weighted by atomic mass is 9.98. The Morgan fingerprint density at radius 1 is 1.29 bits per heavy atom.